The van der Waals surface area contributed by atoms with Gasteiger partial charge in [-0.15, -0.1) is 0 Å². The molecule has 4 nitrogen and oxygen atoms in total. The van der Waals surface area contributed by atoms with Crippen molar-refractivity contribution >= 4 is 5.91 Å². The Kier molecular flexibility index (Phi) is 6.30. The van der Waals surface area contributed by atoms with Crippen molar-refractivity contribution in [2.45, 2.75) is 76.5 Å². The van der Waals surface area contributed by atoms with Gasteiger partial charge in [0.25, 0.3) is 5.91 Å². The molecule has 2 rings (SSSR count). The van der Waals surface area contributed by atoms with Gasteiger partial charge in [0.05, 0.1) is 6.10 Å². The molecular formula is C16H30N2O2. The fourth-order valence-corrected chi connectivity index (χ4v) is 3.37. The van der Waals surface area contributed by atoms with Gasteiger partial charge in [0.1, 0.15) is 6.10 Å². The lowest BCUT2D eigenvalue weighted by molar-refractivity contribution is -0.147. The normalized spacial score (nSPS) is 24.4. The predicted octanol–water partition coefficient (Wildman–Crippen LogP) is 2.32. The summed E-state index contributed by atoms with van der Waals surface area (Å²) < 4.78 is 6.03. The third-order valence-corrected chi connectivity index (χ3v) is 4.76. The monoisotopic (exact) mass is 282 g/mol. The quantitative estimate of drug-likeness (QED) is 0.805. The van der Waals surface area contributed by atoms with Gasteiger partial charge in [0.2, 0.25) is 0 Å². The van der Waals surface area contributed by atoms with Crippen molar-refractivity contribution in [2.75, 3.05) is 20.1 Å². The van der Waals surface area contributed by atoms with Crippen molar-refractivity contribution in [1.29, 1.82) is 0 Å². The maximum absolute atomic E-state index is 12.4. The van der Waals surface area contributed by atoms with Crippen LogP contribution in [0.15, 0.2) is 0 Å². The van der Waals surface area contributed by atoms with Gasteiger partial charge in [0, 0.05) is 19.1 Å². The zero-order chi connectivity index (χ0) is 14.4. The van der Waals surface area contributed by atoms with E-state index in [0.29, 0.717) is 12.1 Å². The first-order chi connectivity index (χ1) is 9.70. The summed E-state index contributed by atoms with van der Waals surface area (Å²) in [7, 11) is 2.00. The first kappa shape index (κ1) is 15.8. The molecule has 116 valence electrons. The summed E-state index contributed by atoms with van der Waals surface area (Å²) in [6.07, 6.45) is 9.52. The smallest absolute Gasteiger partial charge is 0.251 e. The molecule has 0 aromatic rings. The number of amides is 1. The molecule has 2 aliphatic rings. The summed E-state index contributed by atoms with van der Waals surface area (Å²) in [4.78, 5) is 14.4. The Morgan fingerprint density at radius 2 is 1.70 bits per heavy atom. The van der Waals surface area contributed by atoms with Gasteiger partial charge in [-0.1, -0.05) is 25.7 Å². The van der Waals surface area contributed by atoms with Crippen LogP contribution in [0.1, 0.15) is 58.3 Å². The van der Waals surface area contributed by atoms with E-state index in [1.165, 1.54) is 25.7 Å². The lowest BCUT2D eigenvalue weighted by Gasteiger charge is -2.34. The van der Waals surface area contributed by atoms with Gasteiger partial charge in [-0.25, -0.2) is 0 Å². The highest BCUT2D eigenvalue weighted by molar-refractivity contribution is 5.80. The van der Waals surface area contributed by atoms with Gasteiger partial charge in [-0.05, 0) is 39.7 Å². The average Bonchev–Trinajstić information content (AvgIpc) is 2.75. The van der Waals surface area contributed by atoms with E-state index in [4.69, 9.17) is 4.74 Å². The van der Waals surface area contributed by atoms with Gasteiger partial charge in [-0.3, -0.25) is 4.79 Å². The number of likely N-dealkylation sites (tertiary alicyclic amines) is 1. The van der Waals surface area contributed by atoms with Gasteiger partial charge >= 0.3 is 0 Å². The average molecular weight is 282 g/mol. The second-order valence-electron chi connectivity index (χ2n) is 6.28. The Morgan fingerprint density at radius 3 is 2.25 bits per heavy atom. The second-order valence-corrected chi connectivity index (χ2v) is 6.28. The molecular weight excluding hydrogens is 252 g/mol. The fraction of sp³-hybridized carbons (Fsp3) is 0.938. The summed E-state index contributed by atoms with van der Waals surface area (Å²) in [5, 5.41) is 3.30. The highest BCUT2D eigenvalue weighted by Gasteiger charge is 2.27. The van der Waals surface area contributed by atoms with Crippen LogP contribution in [0.4, 0.5) is 0 Å². The number of nitrogens with zero attached hydrogens (tertiary/aromatic N) is 1. The van der Waals surface area contributed by atoms with E-state index in [1.807, 2.05) is 18.9 Å². The molecule has 1 saturated heterocycles. The first-order valence-corrected chi connectivity index (χ1v) is 8.32. The molecule has 0 aromatic heterocycles. The summed E-state index contributed by atoms with van der Waals surface area (Å²) >= 11 is 0. The lowest BCUT2D eigenvalue weighted by atomic mass is 10.0. The molecule has 0 radical (unpaired) electrons. The number of piperidine rings is 1. The summed E-state index contributed by atoms with van der Waals surface area (Å²) in [5.74, 6) is 0.184. The fourth-order valence-electron chi connectivity index (χ4n) is 3.37. The molecule has 1 amide bonds. The van der Waals surface area contributed by atoms with Crippen molar-refractivity contribution in [3.8, 4) is 0 Å². The van der Waals surface area contributed by atoms with Gasteiger partial charge in [0.15, 0.2) is 0 Å². The van der Waals surface area contributed by atoms with Crippen molar-refractivity contribution < 1.29 is 9.53 Å². The lowest BCUT2D eigenvalue weighted by Crippen LogP contribution is -2.47. The minimum atomic E-state index is -0.274. The number of rotatable bonds is 4. The zero-order valence-corrected chi connectivity index (χ0v) is 13.1. The van der Waals surface area contributed by atoms with E-state index in [9.17, 15) is 4.79 Å². The molecule has 0 spiro atoms. The molecule has 20 heavy (non-hydrogen) atoms. The van der Waals surface area contributed by atoms with Crippen LogP contribution in [-0.2, 0) is 9.53 Å². The molecule has 1 aliphatic carbocycles. The number of carbonyl (C=O) groups excluding carboxylic acids is 1. The van der Waals surface area contributed by atoms with E-state index >= 15 is 0 Å². The topological polar surface area (TPSA) is 41.6 Å². The largest absolute Gasteiger partial charge is 0.365 e. The van der Waals surface area contributed by atoms with Gasteiger partial charge < -0.3 is 15.0 Å². The van der Waals surface area contributed by atoms with Crippen LogP contribution < -0.4 is 5.32 Å². The van der Waals surface area contributed by atoms with E-state index in [1.54, 1.807) is 0 Å². The molecule has 1 aliphatic heterocycles. The minimum absolute atomic E-state index is 0.184. The van der Waals surface area contributed by atoms with E-state index in [-0.39, 0.29) is 12.0 Å². The van der Waals surface area contributed by atoms with Crippen molar-refractivity contribution in [1.82, 2.24) is 10.2 Å². The Morgan fingerprint density at radius 1 is 1.10 bits per heavy atom. The second kappa shape index (κ2) is 7.99. The molecule has 1 N–H and O–H groups in total. The summed E-state index contributed by atoms with van der Waals surface area (Å²) in [6, 6.07) is 0.567. The molecule has 1 atom stereocenters. The standard InChI is InChI=1S/C16H30N2O2/c1-13(20-15-7-5-3-4-6-8-15)16(19)18-11-9-14(17-2)10-12-18/h13-15,17H,3-12H2,1-2H3. The summed E-state index contributed by atoms with van der Waals surface area (Å²) in [5.41, 5.74) is 0. The maximum atomic E-state index is 12.4. The third-order valence-electron chi connectivity index (χ3n) is 4.76. The maximum Gasteiger partial charge on any atom is 0.251 e. The first-order valence-electron chi connectivity index (χ1n) is 8.32. The molecule has 0 bridgehead atoms. The zero-order valence-electron chi connectivity index (χ0n) is 13.1. The van der Waals surface area contributed by atoms with Crippen LogP contribution in [-0.4, -0.2) is 49.2 Å². The van der Waals surface area contributed by atoms with Crippen LogP contribution in [0, 0.1) is 0 Å². The van der Waals surface area contributed by atoms with Crippen LogP contribution in [0.2, 0.25) is 0 Å². The Labute approximate surface area is 123 Å². The number of nitrogens with one attached hydrogen (secondary N) is 1. The Hall–Kier alpha value is -0.610. The molecule has 1 heterocycles. The molecule has 1 unspecified atom stereocenters. The van der Waals surface area contributed by atoms with Crippen molar-refractivity contribution in [2.24, 2.45) is 0 Å². The number of carbonyl (C=O) groups is 1. The van der Waals surface area contributed by atoms with Crippen LogP contribution in [0.5, 0.6) is 0 Å². The predicted molar refractivity (Wildman–Crippen MR) is 80.7 cm³/mol. The molecule has 0 aromatic carbocycles. The number of hydrogen-bond acceptors (Lipinski definition) is 3. The number of ether oxygens (including phenoxy) is 1. The van der Waals surface area contributed by atoms with Crippen LogP contribution in [0.3, 0.4) is 0 Å². The highest BCUT2D eigenvalue weighted by atomic mass is 16.5. The third kappa shape index (κ3) is 4.45. The number of hydrogen-bond donors (Lipinski definition) is 1. The van der Waals surface area contributed by atoms with Crippen LogP contribution in [0.25, 0.3) is 0 Å². The van der Waals surface area contributed by atoms with E-state index in [0.717, 1.165) is 38.8 Å². The molecule has 1 saturated carbocycles. The van der Waals surface area contributed by atoms with E-state index < -0.39 is 0 Å². The van der Waals surface area contributed by atoms with Gasteiger partial charge in [-0.2, -0.15) is 0 Å². The highest BCUT2D eigenvalue weighted by Crippen LogP contribution is 2.22. The van der Waals surface area contributed by atoms with Crippen LogP contribution >= 0.6 is 0 Å². The Bertz CT molecular complexity index is 293. The molecule has 2 fully saturated rings. The van der Waals surface area contributed by atoms with Crippen molar-refractivity contribution in [3.63, 3.8) is 0 Å². The minimum Gasteiger partial charge on any atom is -0.365 e. The summed E-state index contributed by atoms with van der Waals surface area (Å²) in [6.45, 7) is 3.66. The molecule has 4 heteroatoms. The van der Waals surface area contributed by atoms with Crippen molar-refractivity contribution in [3.05, 3.63) is 0 Å². The SMILES string of the molecule is CNC1CCN(C(=O)C(C)OC2CCCCCC2)CC1. The Balaban J connectivity index is 1.76. The van der Waals surface area contributed by atoms with E-state index in [2.05, 4.69) is 5.32 Å².